The molecule has 7 nitrogen and oxygen atoms in total. The van der Waals surface area contributed by atoms with Gasteiger partial charge in [-0.25, -0.2) is 9.97 Å². The summed E-state index contributed by atoms with van der Waals surface area (Å²) >= 11 is 6.06. The number of piperazine rings is 1. The first-order valence-electron chi connectivity index (χ1n) is 11.4. The van der Waals surface area contributed by atoms with E-state index in [9.17, 15) is 9.90 Å². The molecule has 4 rings (SSSR count). The minimum atomic E-state index is -0.516. The molecule has 1 saturated heterocycles. The quantitative estimate of drug-likeness (QED) is 0.640. The fourth-order valence-electron chi connectivity index (χ4n) is 4.71. The largest absolute Gasteiger partial charge is 0.387 e. The first kappa shape index (κ1) is 25.7. The summed E-state index contributed by atoms with van der Waals surface area (Å²) in [5, 5.41) is 14.4. The molecule has 1 fully saturated rings. The number of carbonyl (C=O) groups excluding carboxylic acids is 1. The van der Waals surface area contributed by atoms with Gasteiger partial charge in [0.1, 0.15) is 12.1 Å². The molecule has 180 valence electrons. The summed E-state index contributed by atoms with van der Waals surface area (Å²) in [5.41, 5.74) is 2.79. The summed E-state index contributed by atoms with van der Waals surface area (Å²) in [4.78, 5) is 26.5. The summed E-state index contributed by atoms with van der Waals surface area (Å²) in [6.45, 7) is 9.57. The van der Waals surface area contributed by atoms with E-state index in [0.717, 1.165) is 22.6 Å². The van der Waals surface area contributed by atoms with Crippen LogP contribution in [0.3, 0.4) is 0 Å². The highest BCUT2D eigenvalue weighted by molar-refractivity contribution is 6.30. The maximum Gasteiger partial charge on any atom is 0.231 e. The number of hydrogen-bond donors (Lipinski definition) is 2. The average Bonchev–Trinajstić information content (AvgIpc) is 3.08. The van der Waals surface area contributed by atoms with Crippen LogP contribution in [-0.2, 0) is 4.79 Å². The van der Waals surface area contributed by atoms with Gasteiger partial charge >= 0.3 is 0 Å². The molecule has 0 radical (unpaired) electrons. The second-order valence-corrected chi connectivity index (χ2v) is 9.56. The number of nitrogens with one attached hydrogen (secondary N) is 1. The minimum absolute atomic E-state index is 0. The zero-order valence-electron chi connectivity index (χ0n) is 19.4. The second kappa shape index (κ2) is 11.0. The molecule has 33 heavy (non-hydrogen) atoms. The van der Waals surface area contributed by atoms with Crippen molar-refractivity contribution in [2.45, 2.75) is 51.2 Å². The lowest BCUT2D eigenvalue weighted by atomic mass is 9.96. The number of aromatic nitrogens is 2. The van der Waals surface area contributed by atoms with Crippen LogP contribution in [0, 0.1) is 0 Å². The molecule has 2 heterocycles. The topological polar surface area (TPSA) is 81.6 Å². The molecule has 1 aliphatic carbocycles. The van der Waals surface area contributed by atoms with Crippen molar-refractivity contribution in [3.8, 4) is 0 Å². The number of rotatable bonds is 6. The van der Waals surface area contributed by atoms with E-state index >= 15 is 0 Å². The number of halogens is 2. The van der Waals surface area contributed by atoms with Crippen LogP contribution in [0.4, 0.5) is 5.82 Å². The van der Waals surface area contributed by atoms with Crippen molar-refractivity contribution in [3.63, 3.8) is 0 Å². The molecule has 0 spiro atoms. The SMILES string of the molecule is CC(C)NC[C@@H](C(=O)N1CCN(c2ncnc3c2[C@H](C)C[C@H]3O)CC1)c1ccc(Cl)cc1.Cl. The number of benzene rings is 1. The van der Waals surface area contributed by atoms with Crippen LogP contribution in [0.25, 0.3) is 0 Å². The Hall–Kier alpha value is -1.93. The maximum atomic E-state index is 13.5. The number of nitrogens with zero attached hydrogens (tertiary/aromatic N) is 4. The first-order chi connectivity index (χ1) is 15.3. The molecule has 1 aliphatic heterocycles. The molecule has 0 bridgehead atoms. The van der Waals surface area contributed by atoms with E-state index in [1.807, 2.05) is 29.2 Å². The lowest BCUT2D eigenvalue weighted by Crippen LogP contribution is -2.51. The van der Waals surface area contributed by atoms with Gasteiger partial charge in [0.25, 0.3) is 0 Å². The Labute approximate surface area is 207 Å². The zero-order chi connectivity index (χ0) is 22.8. The van der Waals surface area contributed by atoms with Crippen molar-refractivity contribution in [1.82, 2.24) is 20.2 Å². The van der Waals surface area contributed by atoms with Gasteiger partial charge in [-0.05, 0) is 30.0 Å². The van der Waals surface area contributed by atoms with Crippen molar-refractivity contribution in [3.05, 3.63) is 52.4 Å². The molecule has 1 aromatic carbocycles. The summed E-state index contributed by atoms with van der Waals surface area (Å²) < 4.78 is 0. The van der Waals surface area contributed by atoms with Crippen molar-refractivity contribution >= 4 is 35.7 Å². The Morgan fingerprint density at radius 3 is 2.48 bits per heavy atom. The van der Waals surface area contributed by atoms with Crippen LogP contribution in [0.2, 0.25) is 5.02 Å². The number of carbonyl (C=O) groups is 1. The van der Waals surface area contributed by atoms with Gasteiger partial charge in [-0.3, -0.25) is 4.79 Å². The fraction of sp³-hybridized carbons (Fsp3) is 0.542. The van der Waals surface area contributed by atoms with Crippen molar-refractivity contribution in [1.29, 1.82) is 0 Å². The second-order valence-electron chi connectivity index (χ2n) is 9.13. The standard InChI is InChI=1S/C24H32ClN5O2.ClH/c1-15(2)26-13-19(17-4-6-18(25)7-5-17)24(32)30-10-8-29(9-11-30)23-21-16(3)12-20(31)22(21)27-14-28-23;/h4-7,14-16,19-20,26,31H,8-13H2,1-3H3;1H/t16-,19-,20-;/m1./s1. The van der Waals surface area contributed by atoms with Crippen LogP contribution < -0.4 is 10.2 Å². The van der Waals surface area contributed by atoms with Crippen LogP contribution in [-0.4, -0.2) is 64.6 Å². The normalized spacial score (nSPS) is 21.0. The van der Waals surface area contributed by atoms with Gasteiger partial charge in [0.15, 0.2) is 0 Å². The van der Waals surface area contributed by atoms with Gasteiger partial charge < -0.3 is 20.2 Å². The number of amides is 1. The number of aliphatic hydroxyl groups is 1. The zero-order valence-corrected chi connectivity index (χ0v) is 20.9. The molecule has 0 unspecified atom stereocenters. The number of anilines is 1. The average molecular weight is 494 g/mol. The molecule has 1 aromatic heterocycles. The van der Waals surface area contributed by atoms with Gasteiger partial charge in [-0.2, -0.15) is 0 Å². The third kappa shape index (κ3) is 5.60. The molecule has 2 N–H and O–H groups in total. The Bertz CT molecular complexity index is 948. The molecular weight excluding hydrogens is 461 g/mol. The molecule has 9 heteroatoms. The molecule has 2 aliphatic rings. The first-order valence-corrected chi connectivity index (χ1v) is 11.8. The molecular formula is C24H33Cl2N5O2. The highest BCUT2D eigenvalue weighted by atomic mass is 35.5. The lowest BCUT2D eigenvalue weighted by Gasteiger charge is -2.38. The van der Waals surface area contributed by atoms with Gasteiger partial charge in [-0.15, -0.1) is 12.4 Å². The number of fused-ring (bicyclic) bond motifs is 1. The van der Waals surface area contributed by atoms with Crippen LogP contribution in [0.15, 0.2) is 30.6 Å². The highest BCUT2D eigenvalue weighted by Crippen LogP contribution is 2.42. The van der Waals surface area contributed by atoms with E-state index < -0.39 is 6.10 Å². The van der Waals surface area contributed by atoms with Crippen LogP contribution in [0.1, 0.15) is 62.0 Å². The van der Waals surface area contributed by atoms with E-state index in [2.05, 4.69) is 41.0 Å². The van der Waals surface area contributed by atoms with E-state index in [4.69, 9.17) is 11.6 Å². The Morgan fingerprint density at radius 2 is 1.85 bits per heavy atom. The monoisotopic (exact) mass is 493 g/mol. The third-order valence-corrected chi connectivity index (χ3v) is 6.72. The molecule has 3 atom stereocenters. The predicted molar refractivity (Wildman–Crippen MR) is 133 cm³/mol. The lowest BCUT2D eigenvalue weighted by molar-refractivity contribution is -0.133. The van der Waals surface area contributed by atoms with Crippen molar-refractivity contribution in [2.24, 2.45) is 0 Å². The summed E-state index contributed by atoms with van der Waals surface area (Å²) in [5.74, 6) is 1.02. The van der Waals surface area contributed by atoms with E-state index in [1.54, 1.807) is 6.33 Å². The van der Waals surface area contributed by atoms with Gasteiger partial charge in [0.05, 0.1) is 17.7 Å². The van der Waals surface area contributed by atoms with Crippen molar-refractivity contribution in [2.75, 3.05) is 37.6 Å². The number of hydrogen-bond acceptors (Lipinski definition) is 6. The Balaban J connectivity index is 0.00000306. The van der Waals surface area contributed by atoms with E-state index in [-0.39, 0.29) is 30.2 Å². The van der Waals surface area contributed by atoms with Crippen LogP contribution >= 0.6 is 24.0 Å². The number of aliphatic hydroxyl groups excluding tert-OH is 1. The van der Waals surface area contributed by atoms with Crippen molar-refractivity contribution < 1.29 is 9.90 Å². The van der Waals surface area contributed by atoms with Gasteiger partial charge in [-0.1, -0.05) is 44.5 Å². The van der Waals surface area contributed by atoms with E-state index in [0.29, 0.717) is 50.2 Å². The maximum absolute atomic E-state index is 13.5. The molecule has 1 amide bonds. The summed E-state index contributed by atoms with van der Waals surface area (Å²) in [6.07, 6.45) is 1.71. The molecule has 2 aromatic rings. The predicted octanol–water partition coefficient (Wildman–Crippen LogP) is 3.52. The van der Waals surface area contributed by atoms with Gasteiger partial charge in [0, 0.05) is 49.4 Å². The van der Waals surface area contributed by atoms with Crippen LogP contribution in [0.5, 0.6) is 0 Å². The van der Waals surface area contributed by atoms with Gasteiger partial charge in [0.2, 0.25) is 5.91 Å². The third-order valence-electron chi connectivity index (χ3n) is 6.47. The Kier molecular flexibility index (Phi) is 8.56. The minimum Gasteiger partial charge on any atom is -0.387 e. The Morgan fingerprint density at radius 1 is 1.18 bits per heavy atom. The smallest absolute Gasteiger partial charge is 0.231 e. The fourth-order valence-corrected chi connectivity index (χ4v) is 4.84. The summed E-state index contributed by atoms with van der Waals surface area (Å²) in [7, 11) is 0. The van der Waals surface area contributed by atoms with E-state index in [1.165, 1.54) is 0 Å². The molecule has 0 saturated carbocycles. The highest BCUT2D eigenvalue weighted by Gasteiger charge is 2.35. The summed E-state index contributed by atoms with van der Waals surface area (Å²) in [6, 6.07) is 7.87.